The van der Waals surface area contributed by atoms with E-state index < -0.39 is 5.60 Å². The Morgan fingerprint density at radius 3 is 3.06 bits per heavy atom. The molecule has 1 N–H and O–H groups in total. The third-order valence-electron chi connectivity index (χ3n) is 4.19. The summed E-state index contributed by atoms with van der Waals surface area (Å²) in [7, 11) is 0. The highest BCUT2D eigenvalue weighted by Gasteiger charge is 2.43. The highest BCUT2D eigenvalue weighted by molar-refractivity contribution is 5.81. The molecule has 2 aliphatic rings. The standard InChI is InChI=1S/C15H22O3/c1-2-18-14(16)10-9-13-8-5-7-12-6-3-4-11-15(12,13)17/h10,12,17H,2-8,11H2,1H3/t9?,12-,15+/m0/s1. The Morgan fingerprint density at radius 1 is 1.50 bits per heavy atom. The lowest BCUT2D eigenvalue weighted by Gasteiger charge is -2.44. The number of hydrogen-bond donors (Lipinski definition) is 1. The van der Waals surface area contributed by atoms with Gasteiger partial charge in [-0.2, -0.15) is 0 Å². The van der Waals surface area contributed by atoms with Crippen molar-refractivity contribution in [2.45, 2.75) is 57.5 Å². The van der Waals surface area contributed by atoms with Crippen LogP contribution in [-0.4, -0.2) is 23.3 Å². The number of carbonyl (C=O) groups excluding carboxylic acids is 1. The van der Waals surface area contributed by atoms with Crippen LogP contribution in [0.4, 0.5) is 0 Å². The fourth-order valence-corrected chi connectivity index (χ4v) is 3.28. The van der Waals surface area contributed by atoms with E-state index in [1.54, 1.807) is 6.92 Å². The van der Waals surface area contributed by atoms with E-state index in [0.717, 1.165) is 44.1 Å². The van der Waals surface area contributed by atoms with Crippen molar-refractivity contribution in [3.05, 3.63) is 17.4 Å². The van der Waals surface area contributed by atoms with Crippen LogP contribution in [0.3, 0.4) is 0 Å². The average Bonchev–Trinajstić information content (AvgIpc) is 2.36. The van der Waals surface area contributed by atoms with E-state index in [2.05, 4.69) is 5.73 Å². The van der Waals surface area contributed by atoms with Gasteiger partial charge in [0, 0.05) is 5.57 Å². The van der Waals surface area contributed by atoms with Gasteiger partial charge in [-0.25, -0.2) is 4.79 Å². The van der Waals surface area contributed by atoms with Gasteiger partial charge in [0.1, 0.15) is 0 Å². The van der Waals surface area contributed by atoms with Crippen molar-refractivity contribution < 1.29 is 14.6 Å². The second-order valence-corrected chi connectivity index (χ2v) is 5.28. The van der Waals surface area contributed by atoms with Gasteiger partial charge in [-0.05, 0) is 44.9 Å². The molecule has 3 heteroatoms. The van der Waals surface area contributed by atoms with E-state index in [4.69, 9.17) is 4.74 Å². The molecule has 2 atom stereocenters. The molecule has 0 radical (unpaired) electrons. The summed E-state index contributed by atoms with van der Waals surface area (Å²) in [6, 6.07) is 0. The fourth-order valence-electron chi connectivity index (χ4n) is 3.28. The zero-order valence-electron chi connectivity index (χ0n) is 11.1. The molecule has 2 rings (SSSR count). The first kappa shape index (κ1) is 13.4. The molecule has 18 heavy (non-hydrogen) atoms. The molecule has 0 aromatic carbocycles. The summed E-state index contributed by atoms with van der Waals surface area (Å²) in [4.78, 5) is 11.3. The predicted octanol–water partition coefficient (Wildman–Crippen LogP) is 2.74. The van der Waals surface area contributed by atoms with Crippen molar-refractivity contribution in [1.29, 1.82) is 0 Å². The average molecular weight is 250 g/mol. The van der Waals surface area contributed by atoms with Gasteiger partial charge in [0.2, 0.25) is 0 Å². The molecule has 2 saturated carbocycles. The van der Waals surface area contributed by atoms with E-state index in [0.29, 0.717) is 12.5 Å². The molecule has 0 amide bonds. The highest BCUT2D eigenvalue weighted by atomic mass is 16.5. The number of ether oxygens (including phenoxy) is 1. The lowest BCUT2D eigenvalue weighted by atomic mass is 9.65. The van der Waals surface area contributed by atoms with Crippen LogP contribution in [0.1, 0.15) is 51.9 Å². The van der Waals surface area contributed by atoms with Crippen LogP contribution >= 0.6 is 0 Å². The van der Waals surface area contributed by atoms with Gasteiger partial charge < -0.3 is 9.84 Å². The minimum absolute atomic E-state index is 0.359. The molecule has 0 aliphatic heterocycles. The Labute approximate surface area is 109 Å². The van der Waals surface area contributed by atoms with Gasteiger partial charge in [-0.1, -0.05) is 12.8 Å². The van der Waals surface area contributed by atoms with Gasteiger partial charge in [0.25, 0.3) is 0 Å². The lowest BCUT2D eigenvalue weighted by Crippen LogP contribution is -2.44. The Kier molecular flexibility index (Phi) is 4.26. The van der Waals surface area contributed by atoms with Gasteiger partial charge in [0.05, 0.1) is 18.3 Å². The van der Waals surface area contributed by atoms with Crippen molar-refractivity contribution >= 4 is 5.97 Å². The molecule has 3 nitrogen and oxygen atoms in total. The first-order valence-corrected chi connectivity index (χ1v) is 7.02. The summed E-state index contributed by atoms with van der Waals surface area (Å²) >= 11 is 0. The first-order chi connectivity index (χ1) is 8.66. The quantitative estimate of drug-likeness (QED) is 0.465. The Bertz CT molecular complexity index is 377. The van der Waals surface area contributed by atoms with E-state index in [9.17, 15) is 9.90 Å². The molecule has 2 aliphatic carbocycles. The second kappa shape index (κ2) is 5.73. The van der Waals surface area contributed by atoms with Crippen molar-refractivity contribution in [2.75, 3.05) is 6.61 Å². The zero-order valence-corrected chi connectivity index (χ0v) is 11.1. The molecule has 0 bridgehead atoms. The molecule has 0 aromatic heterocycles. The topological polar surface area (TPSA) is 46.5 Å². The number of hydrogen-bond acceptors (Lipinski definition) is 3. The van der Waals surface area contributed by atoms with Crippen LogP contribution in [0, 0.1) is 5.92 Å². The van der Waals surface area contributed by atoms with Crippen LogP contribution in [0.5, 0.6) is 0 Å². The molecule has 0 unspecified atom stereocenters. The molecule has 0 saturated heterocycles. The SMILES string of the molecule is CCOC(=O)C=C=C1CCC[C@@H]2CCCC[C@]12O. The van der Waals surface area contributed by atoms with Crippen molar-refractivity contribution in [1.82, 2.24) is 0 Å². The molecule has 0 aromatic rings. The minimum Gasteiger partial charge on any atom is -0.462 e. The number of esters is 1. The molecular formula is C15H22O3. The normalized spacial score (nSPS) is 31.2. The monoisotopic (exact) mass is 250 g/mol. The van der Waals surface area contributed by atoms with Crippen LogP contribution < -0.4 is 0 Å². The number of fused-ring (bicyclic) bond motifs is 1. The number of carbonyl (C=O) groups is 1. The van der Waals surface area contributed by atoms with Crippen molar-refractivity contribution in [3.63, 3.8) is 0 Å². The Hall–Kier alpha value is -1.05. The first-order valence-electron chi connectivity index (χ1n) is 7.02. The summed E-state index contributed by atoms with van der Waals surface area (Å²) < 4.78 is 4.85. The van der Waals surface area contributed by atoms with E-state index in [-0.39, 0.29) is 5.97 Å². The number of aliphatic hydroxyl groups is 1. The van der Waals surface area contributed by atoms with Crippen LogP contribution in [0.15, 0.2) is 17.4 Å². The largest absolute Gasteiger partial charge is 0.462 e. The van der Waals surface area contributed by atoms with Crippen molar-refractivity contribution in [2.24, 2.45) is 5.92 Å². The predicted molar refractivity (Wildman–Crippen MR) is 69.0 cm³/mol. The molecular weight excluding hydrogens is 228 g/mol. The van der Waals surface area contributed by atoms with Gasteiger partial charge in [0.15, 0.2) is 0 Å². The molecule has 100 valence electrons. The second-order valence-electron chi connectivity index (χ2n) is 5.28. The Morgan fingerprint density at radius 2 is 2.28 bits per heavy atom. The fraction of sp³-hybridized carbons (Fsp3) is 0.733. The highest BCUT2D eigenvalue weighted by Crippen LogP contribution is 2.46. The maximum atomic E-state index is 11.3. The van der Waals surface area contributed by atoms with Gasteiger partial charge in [-0.3, -0.25) is 0 Å². The van der Waals surface area contributed by atoms with Crippen molar-refractivity contribution in [3.8, 4) is 0 Å². The van der Waals surface area contributed by atoms with Crippen LogP contribution in [-0.2, 0) is 9.53 Å². The summed E-state index contributed by atoms with van der Waals surface area (Å²) in [6.07, 6.45) is 8.57. The molecule has 0 spiro atoms. The van der Waals surface area contributed by atoms with Crippen LogP contribution in [0.2, 0.25) is 0 Å². The number of rotatable bonds is 2. The minimum atomic E-state index is -0.709. The molecule has 2 fully saturated rings. The summed E-state index contributed by atoms with van der Waals surface area (Å²) in [5, 5.41) is 10.8. The van der Waals surface area contributed by atoms with E-state index in [1.807, 2.05) is 0 Å². The summed E-state index contributed by atoms with van der Waals surface area (Å²) in [5.41, 5.74) is 3.21. The van der Waals surface area contributed by atoms with Gasteiger partial charge >= 0.3 is 5.97 Å². The van der Waals surface area contributed by atoms with E-state index >= 15 is 0 Å². The van der Waals surface area contributed by atoms with Crippen LogP contribution in [0.25, 0.3) is 0 Å². The lowest BCUT2D eigenvalue weighted by molar-refractivity contribution is -0.137. The smallest absolute Gasteiger partial charge is 0.338 e. The maximum absolute atomic E-state index is 11.3. The Balaban J connectivity index is 2.20. The molecule has 0 heterocycles. The summed E-state index contributed by atoms with van der Waals surface area (Å²) in [6.45, 7) is 2.16. The van der Waals surface area contributed by atoms with E-state index in [1.165, 1.54) is 12.5 Å². The third kappa shape index (κ3) is 2.68. The summed E-state index contributed by atoms with van der Waals surface area (Å²) in [5.74, 6) is -0.00960. The maximum Gasteiger partial charge on any atom is 0.338 e. The third-order valence-corrected chi connectivity index (χ3v) is 4.19. The zero-order chi connectivity index (χ0) is 13.0. The van der Waals surface area contributed by atoms with Gasteiger partial charge in [-0.15, -0.1) is 5.73 Å².